The van der Waals surface area contributed by atoms with Crippen molar-refractivity contribution in [2.75, 3.05) is 36.8 Å². The van der Waals surface area contributed by atoms with Gasteiger partial charge in [0.2, 0.25) is 0 Å². The van der Waals surface area contributed by atoms with Crippen molar-refractivity contribution >= 4 is 28.2 Å². The number of nitrogens with zero attached hydrogens (tertiary/aromatic N) is 3. The first kappa shape index (κ1) is 14.8. The molecule has 2 heterocycles. The van der Waals surface area contributed by atoms with Crippen LogP contribution in [0.4, 0.5) is 10.9 Å². The van der Waals surface area contributed by atoms with Crippen molar-refractivity contribution in [3.63, 3.8) is 0 Å². The topological polar surface area (TPSA) is 62.5 Å². The molecule has 1 saturated heterocycles. The molecular formula is C14H22N4OS. The monoisotopic (exact) mass is 294 g/mol. The maximum absolute atomic E-state index is 12.5. The highest BCUT2D eigenvalue weighted by Crippen LogP contribution is 2.31. The highest BCUT2D eigenvalue weighted by molar-refractivity contribution is 7.18. The molecule has 20 heavy (non-hydrogen) atoms. The maximum Gasteiger partial charge on any atom is 0.268 e. The van der Waals surface area contributed by atoms with Gasteiger partial charge in [0.05, 0.1) is 0 Å². The van der Waals surface area contributed by atoms with Crippen LogP contribution in [0.5, 0.6) is 0 Å². The normalized spacial score (nSPS) is 14.6. The third-order valence-electron chi connectivity index (χ3n) is 3.34. The van der Waals surface area contributed by atoms with Crippen molar-refractivity contribution < 1.29 is 4.79 Å². The van der Waals surface area contributed by atoms with Crippen molar-refractivity contribution in [3.8, 4) is 0 Å². The first-order chi connectivity index (χ1) is 9.67. The lowest BCUT2D eigenvalue weighted by molar-refractivity contribution is 0.0779. The van der Waals surface area contributed by atoms with Crippen LogP contribution in [0, 0.1) is 0 Å². The number of carbonyl (C=O) groups excluding carboxylic acids is 1. The average Bonchev–Trinajstić information content (AvgIpc) is 3.06. The summed E-state index contributed by atoms with van der Waals surface area (Å²) in [6, 6.07) is 0. The SMILES string of the molecule is C=CCN(CCC)C(=O)c1sc(N2CCCC2)nc1N. The molecule has 0 saturated carbocycles. The Bertz CT molecular complexity index is 480. The summed E-state index contributed by atoms with van der Waals surface area (Å²) >= 11 is 1.41. The van der Waals surface area contributed by atoms with E-state index in [-0.39, 0.29) is 5.91 Å². The Morgan fingerprint density at radius 1 is 1.55 bits per heavy atom. The molecule has 1 aromatic rings. The van der Waals surface area contributed by atoms with Gasteiger partial charge in [0.15, 0.2) is 5.13 Å². The van der Waals surface area contributed by atoms with Crippen molar-refractivity contribution in [1.82, 2.24) is 9.88 Å². The van der Waals surface area contributed by atoms with Crippen molar-refractivity contribution in [2.45, 2.75) is 26.2 Å². The summed E-state index contributed by atoms with van der Waals surface area (Å²) in [4.78, 5) is 21.4. The number of aromatic nitrogens is 1. The Hall–Kier alpha value is -1.56. The number of carbonyl (C=O) groups is 1. The number of nitrogen functional groups attached to an aromatic ring is 1. The molecule has 2 N–H and O–H groups in total. The van der Waals surface area contributed by atoms with Crippen LogP contribution in [0.25, 0.3) is 0 Å². The van der Waals surface area contributed by atoms with E-state index in [0.29, 0.717) is 23.8 Å². The summed E-state index contributed by atoms with van der Waals surface area (Å²) in [7, 11) is 0. The molecule has 110 valence electrons. The zero-order chi connectivity index (χ0) is 14.5. The molecule has 1 aliphatic rings. The van der Waals surface area contributed by atoms with E-state index in [1.54, 1.807) is 11.0 Å². The van der Waals surface area contributed by atoms with Gasteiger partial charge < -0.3 is 15.5 Å². The van der Waals surface area contributed by atoms with Crippen LogP contribution in [0.3, 0.4) is 0 Å². The minimum atomic E-state index is -0.0350. The average molecular weight is 294 g/mol. The highest BCUT2D eigenvalue weighted by Gasteiger charge is 2.24. The van der Waals surface area contributed by atoms with Crippen LogP contribution >= 0.6 is 11.3 Å². The van der Waals surface area contributed by atoms with Gasteiger partial charge in [0.1, 0.15) is 10.7 Å². The van der Waals surface area contributed by atoms with Gasteiger partial charge >= 0.3 is 0 Å². The molecule has 0 aliphatic carbocycles. The van der Waals surface area contributed by atoms with Gasteiger partial charge in [-0.05, 0) is 19.3 Å². The zero-order valence-corrected chi connectivity index (χ0v) is 12.8. The van der Waals surface area contributed by atoms with Gasteiger partial charge in [-0.2, -0.15) is 0 Å². The lowest BCUT2D eigenvalue weighted by Gasteiger charge is -2.19. The molecule has 0 aromatic carbocycles. The van der Waals surface area contributed by atoms with E-state index < -0.39 is 0 Å². The number of hydrogen-bond acceptors (Lipinski definition) is 5. The van der Waals surface area contributed by atoms with E-state index in [2.05, 4.69) is 23.4 Å². The third-order valence-corrected chi connectivity index (χ3v) is 4.46. The van der Waals surface area contributed by atoms with Gasteiger partial charge in [-0.3, -0.25) is 4.79 Å². The number of hydrogen-bond donors (Lipinski definition) is 1. The molecule has 0 spiro atoms. The number of amides is 1. The minimum Gasteiger partial charge on any atom is -0.382 e. The standard InChI is InChI=1S/C14H22N4OS/c1-3-7-17(8-4-2)13(19)11-12(15)16-14(20-11)18-9-5-6-10-18/h3H,1,4-10,15H2,2H3. The van der Waals surface area contributed by atoms with Gasteiger partial charge in [-0.15, -0.1) is 6.58 Å². The molecule has 5 nitrogen and oxygen atoms in total. The summed E-state index contributed by atoms with van der Waals surface area (Å²) in [6.45, 7) is 9.02. The Morgan fingerprint density at radius 3 is 2.85 bits per heavy atom. The fourth-order valence-electron chi connectivity index (χ4n) is 2.36. The molecular weight excluding hydrogens is 272 g/mol. The number of rotatable bonds is 6. The van der Waals surface area contributed by atoms with E-state index in [1.807, 2.05) is 0 Å². The summed E-state index contributed by atoms with van der Waals surface area (Å²) in [5, 5.41) is 0.874. The molecule has 1 aliphatic heterocycles. The summed E-state index contributed by atoms with van der Waals surface area (Å²) in [5.74, 6) is 0.319. The molecule has 0 bridgehead atoms. The van der Waals surface area contributed by atoms with Gasteiger partial charge in [0, 0.05) is 26.2 Å². The van der Waals surface area contributed by atoms with Crippen LogP contribution < -0.4 is 10.6 Å². The largest absolute Gasteiger partial charge is 0.382 e. The van der Waals surface area contributed by atoms with E-state index in [1.165, 1.54) is 24.2 Å². The Morgan fingerprint density at radius 2 is 2.25 bits per heavy atom. The molecule has 1 fully saturated rings. The van der Waals surface area contributed by atoms with E-state index in [4.69, 9.17) is 5.73 Å². The molecule has 1 aromatic heterocycles. The summed E-state index contributed by atoms with van der Waals surface area (Å²) in [6.07, 6.45) is 5.02. The number of anilines is 2. The quantitative estimate of drug-likeness (QED) is 0.818. The second-order valence-corrected chi connectivity index (χ2v) is 5.92. The molecule has 0 radical (unpaired) electrons. The first-order valence-electron chi connectivity index (χ1n) is 7.08. The van der Waals surface area contributed by atoms with E-state index >= 15 is 0 Å². The highest BCUT2D eigenvalue weighted by atomic mass is 32.1. The van der Waals surface area contributed by atoms with E-state index in [0.717, 1.165) is 24.6 Å². The Balaban J connectivity index is 2.17. The molecule has 6 heteroatoms. The fourth-order valence-corrected chi connectivity index (χ4v) is 3.37. The van der Waals surface area contributed by atoms with Gasteiger partial charge in [0.25, 0.3) is 5.91 Å². The molecule has 0 atom stereocenters. The van der Waals surface area contributed by atoms with Gasteiger partial charge in [-0.25, -0.2) is 4.98 Å². The fraction of sp³-hybridized carbons (Fsp3) is 0.571. The molecule has 1 amide bonds. The van der Waals surface area contributed by atoms with Crippen molar-refractivity contribution in [3.05, 3.63) is 17.5 Å². The summed E-state index contributed by atoms with van der Waals surface area (Å²) in [5.41, 5.74) is 5.94. The molecule has 0 unspecified atom stereocenters. The first-order valence-corrected chi connectivity index (χ1v) is 7.90. The van der Waals surface area contributed by atoms with E-state index in [9.17, 15) is 4.79 Å². The maximum atomic E-state index is 12.5. The predicted molar refractivity (Wildman–Crippen MR) is 84.4 cm³/mol. The third kappa shape index (κ3) is 3.12. The second-order valence-electron chi connectivity index (χ2n) is 4.94. The minimum absolute atomic E-state index is 0.0350. The Labute approximate surface area is 124 Å². The smallest absolute Gasteiger partial charge is 0.268 e. The zero-order valence-electron chi connectivity index (χ0n) is 12.0. The van der Waals surface area contributed by atoms with Gasteiger partial charge in [-0.1, -0.05) is 24.3 Å². The number of thiazole rings is 1. The van der Waals surface area contributed by atoms with Crippen LogP contribution in [0.2, 0.25) is 0 Å². The van der Waals surface area contributed by atoms with Crippen LogP contribution in [-0.4, -0.2) is 42.0 Å². The van der Waals surface area contributed by atoms with Crippen molar-refractivity contribution in [2.24, 2.45) is 0 Å². The lowest BCUT2D eigenvalue weighted by atomic mass is 10.3. The predicted octanol–water partition coefficient (Wildman–Crippen LogP) is 2.36. The molecule has 2 rings (SSSR count). The lowest BCUT2D eigenvalue weighted by Crippen LogP contribution is -2.31. The van der Waals surface area contributed by atoms with Crippen LogP contribution in [0.15, 0.2) is 12.7 Å². The number of nitrogens with two attached hydrogens (primary N) is 1. The van der Waals surface area contributed by atoms with Crippen molar-refractivity contribution in [1.29, 1.82) is 0 Å². The Kier molecular flexibility index (Phi) is 5.00. The second kappa shape index (κ2) is 6.74. The summed E-state index contributed by atoms with van der Waals surface area (Å²) < 4.78 is 0. The van der Waals surface area contributed by atoms with Crippen LogP contribution in [-0.2, 0) is 0 Å². The van der Waals surface area contributed by atoms with Crippen LogP contribution in [0.1, 0.15) is 35.9 Å².